The second-order valence-corrected chi connectivity index (χ2v) is 8.69. The van der Waals surface area contributed by atoms with Crippen LogP contribution in [0.1, 0.15) is 41.8 Å². The van der Waals surface area contributed by atoms with E-state index in [1.54, 1.807) is 0 Å². The Morgan fingerprint density at radius 2 is 1.74 bits per heavy atom. The van der Waals surface area contributed by atoms with Crippen LogP contribution >= 0.6 is 0 Å². The molecular weight excluding hydrogens is 511 g/mol. The fourth-order valence-corrected chi connectivity index (χ4v) is 4.03. The molecule has 3 aromatic heterocycles. The van der Waals surface area contributed by atoms with E-state index in [1.165, 1.54) is 61.6 Å². The summed E-state index contributed by atoms with van der Waals surface area (Å²) >= 11 is 0. The van der Waals surface area contributed by atoms with Gasteiger partial charge >= 0.3 is 6.18 Å². The number of benzene rings is 1. The van der Waals surface area contributed by atoms with Crippen molar-refractivity contribution in [2.24, 2.45) is 7.05 Å². The minimum Gasteiger partial charge on any atom is -0.480 e. The summed E-state index contributed by atoms with van der Waals surface area (Å²) in [4.78, 5) is 20.7. The van der Waals surface area contributed by atoms with Crippen molar-refractivity contribution < 1.29 is 31.4 Å². The van der Waals surface area contributed by atoms with E-state index in [0.29, 0.717) is 11.1 Å². The Morgan fingerprint density at radius 3 is 2.34 bits per heavy atom. The summed E-state index contributed by atoms with van der Waals surface area (Å²) in [5.74, 6) is 0.608. The molecule has 1 atom stereocenters. The quantitative estimate of drug-likeness (QED) is 0.272. The van der Waals surface area contributed by atoms with Crippen LogP contribution < -0.4 is 9.47 Å². The molecule has 38 heavy (non-hydrogen) atoms. The van der Waals surface area contributed by atoms with E-state index >= 15 is 0 Å². The molecule has 1 aliphatic rings. The van der Waals surface area contributed by atoms with Crippen LogP contribution in [0.25, 0.3) is 22.8 Å². The van der Waals surface area contributed by atoms with E-state index in [2.05, 4.69) is 24.9 Å². The van der Waals surface area contributed by atoms with Crippen LogP contribution in [0.5, 0.6) is 11.8 Å². The number of ether oxygens (including phenoxy) is 2. The Morgan fingerprint density at radius 1 is 1.00 bits per heavy atom. The average molecular weight is 532 g/mol. The maximum atomic E-state index is 14.1. The highest BCUT2D eigenvalue weighted by atomic mass is 19.4. The molecule has 1 unspecified atom stereocenters. The third-order valence-corrected chi connectivity index (χ3v) is 5.99. The van der Waals surface area contributed by atoms with E-state index in [4.69, 9.17) is 9.47 Å². The second kappa shape index (κ2) is 9.95. The second-order valence-electron chi connectivity index (χ2n) is 8.69. The smallest absolute Gasteiger partial charge is 0.434 e. The molecule has 1 saturated carbocycles. The minimum atomic E-state index is -4.60. The molecule has 0 amide bonds. The van der Waals surface area contributed by atoms with Crippen LogP contribution in [0.15, 0.2) is 49.1 Å². The number of aromatic nitrogens is 6. The van der Waals surface area contributed by atoms with Gasteiger partial charge in [-0.05, 0) is 18.4 Å². The number of hydrogen-bond acceptors (Lipinski definition) is 7. The van der Waals surface area contributed by atoms with Gasteiger partial charge in [-0.1, -0.05) is 24.3 Å². The van der Waals surface area contributed by atoms with Gasteiger partial charge in [0.1, 0.15) is 17.7 Å². The fourth-order valence-electron chi connectivity index (χ4n) is 4.03. The molecule has 0 radical (unpaired) electrons. The van der Waals surface area contributed by atoms with Crippen molar-refractivity contribution >= 4 is 0 Å². The van der Waals surface area contributed by atoms with Crippen molar-refractivity contribution in [2.45, 2.75) is 37.5 Å². The molecule has 0 N–H and O–H groups in total. The molecule has 1 fully saturated rings. The average Bonchev–Trinajstić information content (AvgIpc) is 3.67. The van der Waals surface area contributed by atoms with E-state index < -0.39 is 24.4 Å². The fraction of sp³-hybridized carbons (Fsp3) is 0.320. The van der Waals surface area contributed by atoms with E-state index in [1.807, 2.05) is 0 Å². The summed E-state index contributed by atoms with van der Waals surface area (Å²) in [5, 5.41) is 0. The SMILES string of the molecule is COc1ncnc(C2CC2)c1-c1nccc(OC(c2ccc(-c3nc(C(F)(F)F)cn3C)cc2)C(F)F)n1. The third kappa shape index (κ3) is 5.13. The zero-order valence-corrected chi connectivity index (χ0v) is 20.2. The molecule has 0 bridgehead atoms. The van der Waals surface area contributed by atoms with E-state index in [9.17, 15) is 22.0 Å². The molecule has 5 rings (SSSR count). The standard InChI is InChI=1S/C25H21F5N6O2/c1-36-11-16(25(28,29)30)34-23(36)15-7-5-14(6-8-15)20(21(26)27)38-17-9-10-31-22(35-17)18-19(13-3-4-13)32-12-33-24(18)37-2/h5-13,20-21H,3-4H2,1-2H3. The first-order valence-corrected chi connectivity index (χ1v) is 11.5. The summed E-state index contributed by atoms with van der Waals surface area (Å²) in [6.07, 6.45) is -3.70. The van der Waals surface area contributed by atoms with Gasteiger partial charge in [0.15, 0.2) is 17.6 Å². The van der Waals surface area contributed by atoms with Crippen molar-refractivity contribution in [2.75, 3.05) is 7.11 Å². The summed E-state index contributed by atoms with van der Waals surface area (Å²) < 4.78 is 79.3. The lowest BCUT2D eigenvalue weighted by Gasteiger charge is -2.19. The number of halogens is 5. The van der Waals surface area contributed by atoms with Crippen LogP contribution in [0.3, 0.4) is 0 Å². The normalized spacial score (nSPS) is 14.5. The van der Waals surface area contributed by atoms with Gasteiger partial charge in [-0.3, -0.25) is 0 Å². The van der Waals surface area contributed by atoms with Crippen molar-refractivity contribution in [1.29, 1.82) is 0 Å². The van der Waals surface area contributed by atoms with E-state index in [-0.39, 0.29) is 34.9 Å². The monoisotopic (exact) mass is 532 g/mol. The first-order valence-electron chi connectivity index (χ1n) is 11.5. The van der Waals surface area contributed by atoms with Crippen molar-refractivity contribution in [3.05, 3.63) is 66.0 Å². The molecule has 1 aliphatic carbocycles. The minimum absolute atomic E-state index is 0.0457. The molecule has 1 aromatic carbocycles. The zero-order chi connectivity index (χ0) is 27.0. The van der Waals surface area contributed by atoms with Gasteiger partial charge in [0.25, 0.3) is 6.43 Å². The summed E-state index contributed by atoms with van der Waals surface area (Å²) in [5.41, 5.74) is 0.589. The van der Waals surface area contributed by atoms with Crippen LogP contribution in [-0.4, -0.2) is 43.0 Å². The topological polar surface area (TPSA) is 87.8 Å². The highest BCUT2D eigenvalue weighted by Crippen LogP contribution is 2.45. The van der Waals surface area contributed by atoms with Gasteiger partial charge in [-0.2, -0.15) is 18.2 Å². The number of rotatable bonds is 8. The van der Waals surface area contributed by atoms with Crippen molar-refractivity contribution in [3.63, 3.8) is 0 Å². The first-order chi connectivity index (χ1) is 18.2. The Balaban J connectivity index is 1.42. The molecule has 8 nitrogen and oxygen atoms in total. The molecule has 0 saturated heterocycles. The maximum absolute atomic E-state index is 14.1. The number of imidazole rings is 1. The molecule has 0 aliphatic heterocycles. The number of hydrogen-bond donors (Lipinski definition) is 0. The van der Waals surface area contributed by atoms with Crippen LogP contribution in [0, 0.1) is 0 Å². The van der Waals surface area contributed by atoms with Crippen molar-refractivity contribution in [3.8, 4) is 34.5 Å². The Bertz CT molecular complexity index is 1440. The van der Waals surface area contributed by atoms with Crippen LogP contribution in [0.2, 0.25) is 0 Å². The van der Waals surface area contributed by atoms with E-state index in [0.717, 1.165) is 24.7 Å². The predicted molar refractivity (Wildman–Crippen MR) is 125 cm³/mol. The maximum Gasteiger partial charge on any atom is 0.434 e. The number of alkyl halides is 5. The zero-order valence-electron chi connectivity index (χ0n) is 20.2. The molecule has 4 aromatic rings. The van der Waals surface area contributed by atoms with Gasteiger partial charge < -0.3 is 14.0 Å². The first kappa shape index (κ1) is 25.5. The Labute approximate surface area is 213 Å². The van der Waals surface area contributed by atoms with Gasteiger partial charge in [0.05, 0.1) is 12.8 Å². The summed E-state index contributed by atoms with van der Waals surface area (Å²) in [6, 6.07) is 6.89. The Hall–Kier alpha value is -4.16. The summed E-state index contributed by atoms with van der Waals surface area (Å²) in [7, 11) is 2.87. The van der Waals surface area contributed by atoms with Gasteiger partial charge in [0.2, 0.25) is 11.8 Å². The third-order valence-electron chi connectivity index (χ3n) is 5.99. The summed E-state index contributed by atoms with van der Waals surface area (Å²) in [6.45, 7) is 0. The van der Waals surface area contributed by atoms with Gasteiger partial charge in [-0.25, -0.2) is 28.7 Å². The molecule has 13 heteroatoms. The van der Waals surface area contributed by atoms with Gasteiger partial charge in [-0.15, -0.1) is 0 Å². The lowest BCUT2D eigenvalue weighted by molar-refractivity contribution is -0.140. The largest absolute Gasteiger partial charge is 0.480 e. The number of nitrogens with zero attached hydrogens (tertiary/aromatic N) is 6. The van der Waals surface area contributed by atoms with Crippen molar-refractivity contribution in [1.82, 2.24) is 29.5 Å². The molecule has 3 heterocycles. The van der Waals surface area contributed by atoms with Crippen LogP contribution in [-0.2, 0) is 13.2 Å². The lowest BCUT2D eigenvalue weighted by Crippen LogP contribution is -2.17. The lowest BCUT2D eigenvalue weighted by atomic mass is 10.1. The molecular formula is C25H21F5N6O2. The molecule has 0 spiro atoms. The Kier molecular flexibility index (Phi) is 6.67. The number of aryl methyl sites for hydroxylation is 1. The van der Waals surface area contributed by atoms with Crippen LogP contribution in [0.4, 0.5) is 22.0 Å². The number of methoxy groups -OCH3 is 1. The highest BCUT2D eigenvalue weighted by molar-refractivity contribution is 5.66. The highest BCUT2D eigenvalue weighted by Gasteiger charge is 2.35. The molecule has 198 valence electrons. The van der Waals surface area contributed by atoms with Gasteiger partial charge in [0, 0.05) is 37.0 Å². The predicted octanol–water partition coefficient (Wildman–Crippen LogP) is 5.62.